The lowest BCUT2D eigenvalue weighted by Crippen LogP contribution is -2.64. The number of β-amino-alcohol motifs (C(OH)–C–C–N with tert-alkyl or cyclic N) is 1. The maximum atomic E-state index is 13.7. The van der Waals surface area contributed by atoms with Crippen LogP contribution in [0.4, 0.5) is 5.69 Å². The van der Waals surface area contributed by atoms with Gasteiger partial charge in [0.25, 0.3) is 0 Å². The first-order valence-corrected chi connectivity index (χ1v) is 21.5. The molecule has 1 aliphatic carbocycles. The fourth-order valence-corrected chi connectivity index (χ4v) is 10.7. The number of benzene rings is 1. The van der Waals surface area contributed by atoms with Crippen LogP contribution in [0.2, 0.25) is 0 Å². The Morgan fingerprint density at radius 2 is 1.92 bits per heavy atom. The second-order valence-corrected chi connectivity index (χ2v) is 17.8. The van der Waals surface area contributed by atoms with Crippen LogP contribution < -0.4 is 20.4 Å². The summed E-state index contributed by atoms with van der Waals surface area (Å²) >= 11 is 0. The third kappa shape index (κ3) is 6.96. The number of rotatable bonds is 15. The van der Waals surface area contributed by atoms with E-state index in [1.165, 1.54) is 6.07 Å². The summed E-state index contributed by atoms with van der Waals surface area (Å²) in [4.78, 5) is 51.7. The van der Waals surface area contributed by atoms with E-state index in [-0.39, 0.29) is 36.3 Å². The van der Waals surface area contributed by atoms with Gasteiger partial charge in [0.1, 0.15) is 53.7 Å². The molecule has 2 fully saturated rings. The first-order valence-electron chi connectivity index (χ1n) is 21.5. The highest BCUT2D eigenvalue weighted by Gasteiger charge is 2.54. The van der Waals surface area contributed by atoms with E-state index in [0.717, 1.165) is 42.7 Å². The van der Waals surface area contributed by atoms with E-state index in [1.807, 2.05) is 13.0 Å². The summed E-state index contributed by atoms with van der Waals surface area (Å²) in [6.07, 6.45) is 9.85. The summed E-state index contributed by atoms with van der Waals surface area (Å²) in [6.45, 7) is 4.91. The normalized spacial score (nSPS) is 28.3. The lowest BCUT2D eigenvalue weighted by Gasteiger charge is -2.44. The number of allylic oxidation sites excluding steroid dienone is 2. The van der Waals surface area contributed by atoms with Crippen molar-refractivity contribution in [2.75, 3.05) is 37.7 Å². The number of aliphatic hydroxyl groups is 5. The Bertz CT molecular complexity index is 2340. The molecule has 0 radical (unpaired) electrons. The molecule has 6 N–H and O–H groups in total. The maximum absolute atomic E-state index is 13.7. The molecule has 8 atom stereocenters. The third-order valence-electron chi connectivity index (χ3n) is 14.2. The van der Waals surface area contributed by atoms with Gasteiger partial charge in [-0.3, -0.25) is 19.6 Å². The van der Waals surface area contributed by atoms with Crippen molar-refractivity contribution in [1.29, 1.82) is 0 Å². The molecule has 1 saturated heterocycles. The average molecular weight is 842 g/mol. The molecular weight excluding hydrogens is 787 g/mol. The van der Waals surface area contributed by atoms with Gasteiger partial charge in [-0.2, -0.15) is 0 Å². The molecular formula is C45H55N5O11. The van der Waals surface area contributed by atoms with Gasteiger partial charge in [-0.15, -0.1) is 0 Å². The van der Waals surface area contributed by atoms with E-state index in [2.05, 4.69) is 27.1 Å². The lowest BCUT2D eigenvalue weighted by molar-refractivity contribution is -0.365. The van der Waals surface area contributed by atoms with Gasteiger partial charge >= 0.3 is 0 Å². The van der Waals surface area contributed by atoms with Crippen LogP contribution in [0.1, 0.15) is 70.1 Å². The molecule has 1 aromatic carbocycles. The van der Waals surface area contributed by atoms with Gasteiger partial charge in [-0.1, -0.05) is 19.8 Å². The second kappa shape index (κ2) is 15.9. The topological polar surface area (TPSA) is 219 Å². The van der Waals surface area contributed by atoms with E-state index in [4.69, 9.17) is 18.9 Å². The summed E-state index contributed by atoms with van der Waals surface area (Å²) in [6, 6.07) is 2.89. The van der Waals surface area contributed by atoms with Gasteiger partial charge in [-0.05, 0) is 76.2 Å². The van der Waals surface area contributed by atoms with Crippen molar-refractivity contribution in [2.45, 2.75) is 114 Å². The van der Waals surface area contributed by atoms with Gasteiger partial charge in [0, 0.05) is 54.5 Å². The molecule has 1 aromatic heterocycles. The highest BCUT2D eigenvalue weighted by Crippen LogP contribution is 2.52. The molecule has 1 unspecified atom stereocenters. The van der Waals surface area contributed by atoms with Crippen LogP contribution in [0.25, 0.3) is 11.0 Å². The number of anilines is 1. The first kappa shape index (κ1) is 41.7. The Balaban J connectivity index is 1.05. The smallest absolute Gasteiger partial charge is 0.226 e. The largest absolute Gasteiger partial charge is 0.482 e. The Kier molecular flexibility index (Phi) is 10.9. The number of aliphatic imine (C=N–C) groups is 2. The number of fused-ring (bicyclic) bond motifs is 4. The van der Waals surface area contributed by atoms with Crippen molar-refractivity contribution < 1.29 is 49.3 Å². The highest BCUT2D eigenvalue weighted by molar-refractivity contribution is 6.13. The van der Waals surface area contributed by atoms with Crippen molar-refractivity contribution in [2.24, 2.45) is 21.3 Å². The van der Waals surface area contributed by atoms with E-state index in [1.54, 1.807) is 48.6 Å². The number of ether oxygens (including phenoxy) is 1. The van der Waals surface area contributed by atoms with Crippen molar-refractivity contribution >= 4 is 34.0 Å². The fourth-order valence-electron chi connectivity index (χ4n) is 10.7. The monoisotopic (exact) mass is 841 g/mol. The summed E-state index contributed by atoms with van der Waals surface area (Å²) < 4.78 is 13.6. The first-order chi connectivity index (χ1) is 29.3. The molecule has 1 saturated carbocycles. The molecule has 9 rings (SSSR count). The van der Waals surface area contributed by atoms with Crippen LogP contribution in [0.15, 0.2) is 79.4 Å². The predicted molar refractivity (Wildman–Crippen MR) is 225 cm³/mol. The molecule has 16 heteroatoms. The number of aryl methyl sites for hydroxylation is 1. The second-order valence-electron chi connectivity index (χ2n) is 17.8. The van der Waals surface area contributed by atoms with Gasteiger partial charge in [0.05, 0.1) is 48.0 Å². The minimum Gasteiger partial charge on any atom is -0.482 e. The molecule has 7 aliphatic rings. The number of carbonyl (C=O) groups excluding carboxylic acids is 1. The number of carbonyl (C=O) groups is 1. The van der Waals surface area contributed by atoms with Crippen LogP contribution >= 0.6 is 0 Å². The van der Waals surface area contributed by atoms with Gasteiger partial charge in [0.15, 0.2) is 16.8 Å². The molecule has 6 aliphatic heterocycles. The summed E-state index contributed by atoms with van der Waals surface area (Å²) in [7, 11) is 0. The van der Waals surface area contributed by atoms with Crippen LogP contribution in [0.5, 0.6) is 5.75 Å². The minimum atomic E-state index is -2.41. The summed E-state index contributed by atoms with van der Waals surface area (Å²) in [5, 5.41) is 58.4. The number of amides is 1. The molecule has 16 nitrogen and oxygen atoms in total. The van der Waals surface area contributed by atoms with Gasteiger partial charge in [-0.25, -0.2) is 9.78 Å². The van der Waals surface area contributed by atoms with Crippen LogP contribution in [-0.4, -0.2) is 122 Å². The number of nitrogens with one attached hydrogen (secondary N) is 1. The molecule has 1 spiro atoms. The molecule has 326 valence electrons. The standard InChI is InChI=1S/C45H55N5O11/c1-4-32-28-8-14-47-31(28)21-50(32)38-39-26(18-29-34(52)17-25(2)59-40(29)38)19-37(43(3,60-39)13-7-27-20-48-42(56)44(27)11-5-6-12-44)61-58-23-36(54)45(57,41(55)35(53)22-51)24-49-16-10-30-33(49)9-15-46-30/h8-10,14-18,27,33,35-37,41,51,53-55,57H,4-7,11-13,19-24H2,1-3H3,(H,48,56)/t27-,33?,35-,36+,37-,41-,43-,45-/m1/s1. The van der Waals surface area contributed by atoms with E-state index in [0.29, 0.717) is 71.8 Å². The molecule has 7 heterocycles. The Morgan fingerprint density at radius 1 is 1.11 bits per heavy atom. The zero-order valence-electron chi connectivity index (χ0n) is 34.7. The average Bonchev–Trinajstić information content (AvgIpc) is 4.10. The van der Waals surface area contributed by atoms with E-state index in [9.17, 15) is 35.1 Å². The Hall–Kier alpha value is -4.68. The predicted octanol–water partition coefficient (Wildman–Crippen LogP) is 2.62. The van der Waals surface area contributed by atoms with Crippen molar-refractivity contribution in [3.05, 3.63) is 81.8 Å². The molecule has 1 amide bonds. The van der Waals surface area contributed by atoms with E-state index >= 15 is 0 Å². The van der Waals surface area contributed by atoms with Crippen LogP contribution in [-0.2, 0) is 21.0 Å². The lowest BCUT2D eigenvalue weighted by atomic mass is 9.72. The zero-order chi connectivity index (χ0) is 42.8. The maximum Gasteiger partial charge on any atom is 0.226 e. The molecule has 61 heavy (non-hydrogen) atoms. The van der Waals surface area contributed by atoms with Gasteiger partial charge in [0.2, 0.25) is 5.91 Å². The zero-order valence-corrected chi connectivity index (χ0v) is 34.7. The summed E-state index contributed by atoms with van der Waals surface area (Å²) in [5.74, 6) is 1.17. The SMILES string of the molecule is CCC1=C2C=CN=C2CN1c1c2c(cc3c(=O)cc(C)oc13)C[C@@H](OOC[C@H](O)[C@](O)(CN1C=CC3=NC=CC31)[C@H](O)[C@H](O)CO)[C@@](C)(CC[C@@H]1CNC(=O)C13CCCC3)O2. The van der Waals surface area contributed by atoms with Crippen molar-refractivity contribution in [1.82, 2.24) is 10.2 Å². The van der Waals surface area contributed by atoms with Crippen LogP contribution in [0, 0.1) is 18.3 Å². The van der Waals surface area contributed by atoms with E-state index < -0.39 is 54.2 Å². The van der Waals surface area contributed by atoms with Crippen molar-refractivity contribution in [3.8, 4) is 5.75 Å². The summed E-state index contributed by atoms with van der Waals surface area (Å²) in [5.41, 5.74) is 1.22. The molecule has 2 aromatic rings. The third-order valence-corrected chi connectivity index (χ3v) is 14.2. The Labute approximate surface area is 353 Å². The Morgan fingerprint density at radius 3 is 2.69 bits per heavy atom. The number of aliphatic hydroxyl groups excluding tert-OH is 4. The fraction of sp³-hybridized carbons (Fsp3) is 0.556. The highest BCUT2D eigenvalue weighted by atomic mass is 17.2. The molecule has 0 bridgehead atoms. The van der Waals surface area contributed by atoms with Crippen molar-refractivity contribution in [3.63, 3.8) is 0 Å². The number of nitrogens with zero attached hydrogens (tertiary/aromatic N) is 4. The minimum absolute atomic E-state index is 0.0676. The quantitative estimate of drug-likeness (QED) is 0.112. The van der Waals surface area contributed by atoms with Gasteiger partial charge < -0.3 is 49.8 Å². The number of hydrogen-bond donors (Lipinski definition) is 6. The van der Waals surface area contributed by atoms with Crippen LogP contribution in [0.3, 0.4) is 0 Å². The number of hydrogen-bond acceptors (Lipinski definition) is 15.